The fraction of sp³-hybridized carbons (Fsp3) is 0.750. The molecule has 0 bridgehead atoms. The van der Waals surface area contributed by atoms with Gasteiger partial charge in [0.25, 0.3) is 0 Å². The number of rotatable bonds is 1. The molecule has 1 saturated heterocycles. The number of likely N-dealkylation sites (tertiary alicyclic amines) is 1. The maximum atomic E-state index is 11.9. The fourth-order valence-electron chi connectivity index (χ4n) is 1.88. The topological polar surface area (TPSA) is 29.5 Å². The van der Waals surface area contributed by atoms with E-state index in [4.69, 9.17) is 4.74 Å². The van der Waals surface area contributed by atoms with E-state index in [0.717, 1.165) is 12.8 Å². The molecule has 1 fully saturated rings. The van der Waals surface area contributed by atoms with Crippen molar-refractivity contribution in [2.24, 2.45) is 0 Å². The third kappa shape index (κ3) is 2.98. The monoisotopic (exact) mass is 211 g/mol. The number of ether oxygens (including phenoxy) is 1. The first-order chi connectivity index (χ1) is 6.85. The standard InChI is InChI=1S/C12H21NO2/c1-6-10-8-7-9(2)13(10)11(14)15-12(3,4)5/h6,9-10H,1,7-8H2,2-5H3/t9-,10-/m1/s1. The van der Waals surface area contributed by atoms with Gasteiger partial charge in [-0.2, -0.15) is 0 Å². The van der Waals surface area contributed by atoms with Crippen LogP contribution in [0.15, 0.2) is 12.7 Å². The van der Waals surface area contributed by atoms with E-state index >= 15 is 0 Å². The second-order valence-corrected chi connectivity index (χ2v) is 5.12. The molecule has 0 saturated carbocycles. The van der Waals surface area contributed by atoms with Crippen LogP contribution >= 0.6 is 0 Å². The van der Waals surface area contributed by atoms with Gasteiger partial charge in [0, 0.05) is 6.04 Å². The molecule has 86 valence electrons. The molecule has 0 aromatic heterocycles. The molecule has 1 rings (SSSR count). The Morgan fingerprint density at radius 2 is 2.07 bits per heavy atom. The fourth-order valence-corrected chi connectivity index (χ4v) is 1.88. The third-order valence-electron chi connectivity index (χ3n) is 2.59. The Hall–Kier alpha value is -0.990. The SMILES string of the molecule is C=C[C@@H]1CC[C@@H](C)N1C(=O)OC(C)(C)C. The summed E-state index contributed by atoms with van der Waals surface area (Å²) in [5.74, 6) is 0. The van der Waals surface area contributed by atoms with Gasteiger partial charge in [-0.25, -0.2) is 4.79 Å². The highest BCUT2D eigenvalue weighted by molar-refractivity contribution is 5.69. The lowest BCUT2D eigenvalue weighted by Gasteiger charge is -2.30. The molecule has 15 heavy (non-hydrogen) atoms. The minimum absolute atomic E-state index is 0.134. The largest absolute Gasteiger partial charge is 0.444 e. The zero-order valence-corrected chi connectivity index (χ0v) is 10.1. The Labute approximate surface area is 92.1 Å². The van der Waals surface area contributed by atoms with Crippen LogP contribution < -0.4 is 0 Å². The average Bonchev–Trinajstić information content (AvgIpc) is 2.43. The maximum absolute atomic E-state index is 11.9. The van der Waals surface area contributed by atoms with E-state index in [-0.39, 0.29) is 18.2 Å². The van der Waals surface area contributed by atoms with Crippen molar-refractivity contribution < 1.29 is 9.53 Å². The van der Waals surface area contributed by atoms with Crippen LogP contribution in [0.1, 0.15) is 40.5 Å². The highest BCUT2D eigenvalue weighted by Crippen LogP contribution is 2.26. The van der Waals surface area contributed by atoms with Gasteiger partial charge in [-0.1, -0.05) is 6.08 Å². The van der Waals surface area contributed by atoms with Gasteiger partial charge in [-0.3, -0.25) is 4.90 Å². The molecule has 0 aromatic rings. The zero-order chi connectivity index (χ0) is 11.6. The minimum Gasteiger partial charge on any atom is -0.444 e. The summed E-state index contributed by atoms with van der Waals surface area (Å²) in [6, 6.07) is 0.387. The number of amides is 1. The van der Waals surface area contributed by atoms with Crippen molar-refractivity contribution >= 4 is 6.09 Å². The molecule has 3 heteroatoms. The summed E-state index contributed by atoms with van der Waals surface area (Å²) in [4.78, 5) is 13.7. The second-order valence-electron chi connectivity index (χ2n) is 5.12. The van der Waals surface area contributed by atoms with Crippen LogP contribution in [0.3, 0.4) is 0 Å². The van der Waals surface area contributed by atoms with Crippen LogP contribution in [0.5, 0.6) is 0 Å². The predicted molar refractivity (Wildman–Crippen MR) is 60.8 cm³/mol. The van der Waals surface area contributed by atoms with Crippen molar-refractivity contribution in [3.05, 3.63) is 12.7 Å². The molecule has 1 heterocycles. The Bertz CT molecular complexity index is 255. The summed E-state index contributed by atoms with van der Waals surface area (Å²) in [7, 11) is 0. The highest BCUT2D eigenvalue weighted by Gasteiger charge is 2.35. The van der Waals surface area contributed by atoms with Crippen LogP contribution in [0.25, 0.3) is 0 Å². The molecular weight excluding hydrogens is 190 g/mol. The van der Waals surface area contributed by atoms with E-state index in [0.29, 0.717) is 0 Å². The van der Waals surface area contributed by atoms with Crippen molar-refractivity contribution in [3.8, 4) is 0 Å². The lowest BCUT2D eigenvalue weighted by Crippen LogP contribution is -2.42. The van der Waals surface area contributed by atoms with Gasteiger partial charge in [-0.15, -0.1) is 6.58 Å². The first kappa shape index (κ1) is 12.1. The predicted octanol–water partition coefficient (Wildman–Crippen LogP) is 2.96. The summed E-state index contributed by atoms with van der Waals surface area (Å²) in [5.41, 5.74) is -0.425. The Morgan fingerprint density at radius 1 is 1.47 bits per heavy atom. The van der Waals surface area contributed by atoms with Gasteiger partial charge in [-0.05, 0) is 40.5 Å². The number of carbonyl (C=O) groups excluding carboxylic acids is 1. The van der Waals surface area contributed by atoms with Crippen LogP contribution in [0.4, 0.5) is 4.79 Å². The molecule has 0 aliphatic carbocycles. The molecule has 0 radical (unpaired) electrons. The molecule has 1 aliphatic heterocycles. The summed E-state index contributed by atoms with van der Waals surface area (Å²) < 4.78 is 5.36. The van der Waals surface area contributed by atoms with E-state index in [1.54, 1.807) is 4.90 Å². The summed E-state index contributed by atoms with van der Waals surface area (Å²) in [6.07, 6.45) is 3.62. The molecule has 1 aliphatic rings. The van der Waals surface area contributed by atoms with Gasteiger partial charge in [0.2, 0.25) is 0 Å². The quantitative estimate of drug-likeness (QED) is 0.624. The normalized spacial score (nSPS) is 26.5. The van der Waals surface area contributed by atoms with Crippen LogP contribution in [0, 0.1) is 0 Å². The third-order valence-corrected chi connectivity index (χ3v) is 2.59. The number of hydrogen-bond acceptors (Lipinski definition) is 2. The molecule has 1 amide bonds. The average molecular weight is 211 g/mol. The van der Waals surface area contributed by atoms with Crippen LogP contribution in [0.2, 0.25) is 0 Å². The second kappa shape index (κ2) is 4.25. The molecule has 0 unspecified atom stereocenters. The van der Waals surface area contributed by atoms with Gasteiger partial charge >= 0.3 is 6.09 Å². The number of hydrogen-bond donors (Lipinski definition) is 0. The Kier molecular flexibility index (Phi) is 3.42. The van der Waals surface area contributed by atoms with Crippen molar-refractivity contribution in [1.29, 1.82) is 0 Å². The number of carbonyl (C=O) groups is 1. The Balaban J connectivity index is 2.68. The summed E-state index contributed by atoms with van der Waals surface area (Å²) >= 11 is 0. The first-order valence-corrected chi connectivity index (χ1v) is 5.49. The van der Waals surface area contributed by atoms with Crippen molar-refractivity contribution in [1.82, 2.24) is 4.90 Å². The summed E-state index contributed by atoms with van der Waals surface area (Å²) in [5, 5.41) is 0. The lowest BCUT2D eigenvalue weighted by atomic mass is 10.2. The maximum Gasteiger partial charge on any atom is 0.411 e. The molecule has 0 spiro atoms. The first-order valence-electron chi connectivity index (χ1n) is 5.49. The van der Waals surface area contributed by atoms with Crippen molar-refractivity contribution in [3.63, 3.8) is 0 Å². The molecule has 0 N–H and O–H groups in total. The molecule has 0 aromatic carbocycles. The number of nitrogens with zero attached hydrogens (tertiary/aromatic N) is 1. The van der Waals surface area contributed by atoms with Crippen molar-refractivity contribution in [2.45, 2.75) is 58.2 Å². The van der Waals surface area contributed by atoms with Crippen LogP contribution in [-0.2, 0) is 4.74 Å². The van der Waals surface area contributed by atoms with Gasteiger partial charge in [0.05, 0.1) is 6.04 Å². The van der Waals surface area contributed by atoms with Crippen molar-refractivity contribution in [2.75, 3.05) is 0 Å². The van der Waals surface area contributed by atoms with Crippen LogP contribution in [-0.4, -0.2) is 28.7 Å². The molecular formula is C12H21NO2. The van der Waals surface area contributed by atoms with Gasteiger partial charge < -0.3 is 4.74 Å². The zero-order valence-electron chi connectivity index (χ0n) is 10.1. The van der Waals surface area contributed by atoms with E-state index < -0.39 is 5.60 Å². The summed E-state index contributed by atoms with van der Waals surface area (Å²) in [6.45, 7) is 11.5. The smallest absolute Gasteiger partial charge is 0.411 e. The Morgan fingerprint density at radius 3 is 2.53 bits per heavy atom. The van der Waals surface area contributed by atoms with E-state index in [1.807, 2.05) is 33.8 Å². The lowest BCUT2D eigenvalue weighted by molar-refractivity contribution is 0.0194. The minimum atomic E-state index is -0.425. The van der Waals surface area contributed by atoms with E-state index in [1.165, 1.54) is 0 Å². The van der Waals surface area contributed by atoms with E-state index in [2.05, 4.69) is 6.58 Å². The molecule has 3 nitrogen and oxygen atoms in total. The van der Waals surface area contributed by atoms with Gasteiger partial charge in [0.15, 0.2) is 0 Å². The molecule has 2 atom stereocenters. The highest BCUT2D eigenvalue weighted by atomic mass is 16.6. The van der Waals surface area contributed by atoms with E-state index in [9.17, 15) is 4.79 Å². The van der Waals surface area contributed by atoms with Gasteiger partial charge in [0.1, 0.15) is 5.60 Å².